The predicted octanol–water partition coefficient (Wildman–Crippen LogP) is 2.42. The lowest BCUT2D eigenvalue weighted by atomic mass is 10.1. The lowest BCUT2D eigenvalue weighted by Crippen LogP contribution is -2.38. The molecule has 2 aromatic rings. The molecular weight excluding hydrogens is 256 g/mol. The van der Waals surface area contributed by atoms with Gasteiger partial charge in [-0.2, -0.15) is 0 Å². The van der Waals surface area contributed by atoms with E-state index in [1.807, 2.05) is 6.20 Å². The summed E-state index contributed by atoms with van der Waals surface area (Å²) in [6.07, 6.45) is 4.52. The van der Waals surface area contributed by atoms with Crippen molar-refractivity contribution in [3.05, 3.63) is 23.7 Å². The molecule has 0 saturated carbocycles. The van der Waals surface area contributed by atoms with Gasteiger partial charge in [0, 0.05) is 32.2 Å². The summed E-state index contributed by atoms with van der Waals surface area (Å²) < 4.78 is 0. The van der Waals surface area contributed by atoms with Gasteiger partial charge in [-0.1, -0.05) is 6.07 Å². The van der Waals surface area contributed by atoms with Crippen LogP contribution in [0.5, 0.6) is 0 Å². The Labute approximate surface area is 117 Å². The summed E-state index contributed by atoms with van der Waals surface area (Å²) >= 11 is 1.76. The van der Waals surface area contributed by atoms with Crippen LogP contribution in [-0.2, 0) is 0 Å². The van der Waals surface area contributed by atoms with E-state index in [1.165, 1.54) is 37.4 Å². The predicted molar refractivity (Wildman–Crippen MR) is 78.7 cm³/mol. The van der Waals surface area contributed by atoms with E-state index < -0.39 is 0 Å². The lowest BCUT2D eigenvalue weighted by Gasteiger charge is -2.31. The Morgan fingerprint density at radius 1 is 1.21 bits per heavy atom. The first-order valence-corrected chi connectivity index (χ1v) is 7.86. The van der Waals surface area contributed by atoms with Crippen molar-refractivity contribution in [2.24, 2.45) is 0 Å². The number of hydrogen-bond donors (Lipinski definition) is 1. The summed E-state index contributed by atoms with van der Waals surface area (Å²) in [6.45, 7) is 4.77. The minimum absolute atomic E-state index is 0.668. The summed E-state index contributed by atoms with van der Waals surface area (Å²) in [7, 11) is 0. The van der Waals surface area contributed by atoms with E-state index >= 15 is 0 Å². The van der Waals surface area contributed by atoms with Crippen molar-refractivity contribution >= 4 is 17.3 Å². The molecule has 2 bridgehead atoms. The lowest BCUT2D eigenvalue weighted by molar-refractivity contribution is 0.250. The van der Waals surface area contributed by atoms with Crippen molar-refractivity contribution in [3.63, 3.8) is 0 Å². The van der Waals surface area contributed by atoms with E-state index in [0.717, 1.165) is 18.2 Å². The fraction of sp³-hybridized carbons (Fsp3) is 0.500. The van der Waals surface area contributed by atoms with Crippen molar-refractivity contribution in [1.82, 2.24) is 14.9 Å². The molecule has 3 aliphatic heterocycles. The highest BCUT2D eigenvalue weighted by Gasteiger charge is 2.30. The first-order chi connectivity index (χ1) is 9.40. The summed E-state index contributed by atoms with van der Waals surface area (Å²) in [4.78, 5) is 14.4. The van der Waals surface area contributed by atoms with E-state index in [1.54, 1.807) is 11.3 Å². The van der Waals surface area contributed by atoms with E-state index in [0.29, 0.717) is 6.04 Å². The van der Waals surface area contributed by atoms with Crippen LogP contribution in [0.4, 0.5) is 5.95 Å². The first-order valence-electron chi connectivity index (χ1n) is 6.98. The molecule has 0 aliphatic carbocycles. The van der Waals surface area contributed by atoms with E-state index in [2.05, 4.69) is 37.3 Å². The maximum absolute atomic E-state index is 4.61. The van der Waals surface area contributed by atoms with Crippen LogP contribution in [0.15, 0.2) is 23.7 Å². The topological polar surface area (TPSA) is 35.2 Å². The quantitative estimate of drug-likeness (QED) is 0.913. The van der Waals surface area contributed by atoms with Gasteiger partial charge < -0.3 is 14.8 Å². The minimum atomic E-state index is 0.668. The molecule has 0 amide bonds. The van der Waals surface area contributed by atoms with E-state index in [-0.39, 0.29) is 0 Å². The second-order valence-electron chi connectivity index (χ2n) is 5.36. The first kappa shape index (κ1) is 11.5. The number of hydrogen-bond acceptors (Lipinski definition) is 4. The molecule has 0 radical (unpaired) electrons. The molecule has 4 nitrogen and oxygen atoms in total. The second-order valence-corrected chi connectivity index (χ2v) is 6.31. The maximum atomic E-state index is 4.61. The molecule has 5 heteroatoms. The van der Waals surface area contributed by atoms with Gasteiger partial charge in [0.25, 0.3) is 0 Å². The highest BCUT2D eigenvalue weighted by atomic mass is 32.1. The number of aromatic nitrogens is 2. The molecule has 3 fully saturated rings. The van der Waals surface area contributed by atoms with Crippen molar-refractivity contribution < 1.29 is 0 Å². The zero-order chi connectivity index (χ0) is 12.7. The van der Waals surface area contributed by atoms with Crippen LogP contribution >= 0.6 is 11.3 Å². The number of imidazole rings is 1. The Bertz CT molecular complexity index is 540. The third kappa shape index (κ3) is 2.07. The van der Waals surface area contributed by atoms with Crippen molar-refractivity contribution in [3.8, 4) is 10.6 Å². The third-order valence-corrected chi connectivity index (χ3v) is 5.18. The molecule has 0 aromatic carbocycles. The average Bonchev–Trinajstić information content (AvgIpc) is 3.05. The van der Waals surface area contributed by atoms with Crippen LogP contribution in [-0.4, -0.2) is 47.1 Å². The Hall–Kier alpha value is -1.33. The van der Waals surface area contributed by atoms with E-state index in [4.69, 9.17) is 0 Å². The molecule has 0 spiro atoms. The largest absolute Gasteiger partial charge is 0.338 e. The van der Waals surface area contributed by atoms with Crippen LogP contribution in [0.2, 0.25) is 0 Å². The number of nitrogens with zero attached hydrogens (tertiary/aromatic N) is 3. The second kappa shape index (κ2) is 4.65. The third-order valence-electron chi connectivity index (χ3n) is 4.28. The number of piperidine rings is 1. The van der Waals surface area contributed by atoms with Crippen LogP contribution in [0.3, 0.4) is 0 Å². The summed E-state index contributed by atoms with van der Waals surface area (Å²) in [5.74, 6) is 1.05. The smallest absolute Gasteiger partial charge is 0.203 e. The van der Waals surface area contributed by atoms with Crippen LogP contribution in [0, 0.1) is 0 Å². The average molecular weight is 274 g/mol. The van der Waals surface area contributed by atoms with Crippen LogP contribution in [0.1, 0.15) is 12.8 Å². The fourth-order valence-corrected chi connectivity index (χ4v) is 3.87. The van der Waals surface area contributed by atoms with Gasteiger partial charge in [-0.05, 0) is 24.3 Å². The molecule has 19 heavy (non-hydrogen) atoms. The van der Waals surface area contributed by atoms with Gasteiger partial charge >= 0.3 is 0 Å². The zero-order valence-electron chi connectivity index (χ0n) is 10.9. The molecule has 5 heterocycles. The molecule has 2 aromatic heterocycles. The number of rotatable bonds is 2. The molecule has 0 atom stereocenters. The van der Waals surface area contributed by atoms with Gasteiger partial charge in [-0.15, -0.1) is 11.3 Å². The normalized spacial score (nSPS) is 26.6. The minimum Gasteiger partial charge on any atom is -0.338 e. The van der Waals surface area contributed by atoms with Crippen LogP contribution < -0.4 is 4.90 Å². The summed E-state index contributed by atoms with van der Waals surface area (Å²) in [6, 6.07) is 4.89. The van der Waals surface area contributed by atoms with Gasteiger partial charge in [0.05, 0.1) is 16.8 Å². The van der Waals surface area contributed by atoms with Crippen molar-refractivity contribution in [2.75, 3.05) is 31.1 Å². The van der Waals surface area contributed by atoms with Crippen molar-refractivity contribution in [2.45, 2.75) is 18.9 Å². The standard InChI is InChI=1S/C14H18N4S/c1-2-13(19-9-1)12-10-15-14(16-12)18-8-7-17-5-3-11(18)4-6-17/h1-2,9-11H,3-8H2,(H,15,16). The highest BCUT2D eigenvalue weighted by molar-refractivity contribution is 7.13. The Kier molecular flexibility index (Phi) is 2.81. The monoisotopic (exact) mass is 274 g/mol. The molecule has 1 N–H and O–H groups in total. The SMILES string of the molecule is c1csc(-c2cnc(N3CCN4CCC3CC4)[nH]2)c1. The summed E-state index contributed by atoms with van der Waals surface area (Å²) in [5, 5.41) is 2.11. The highest BCUT2D eigenvalue weighted by Crippen LogP contribution is 2.28. The van der Waals surface area contributed by atoms with Gasteiger partial charge in [0.2, 0.25) is 5.95 Å². The number of aromatic amines is 1. The van der Waals surface area contributed by atoms with Gasteiger partial charge in [-0.3, -0.25) is 0 Å². The van der Waals surface area contributed by atoms with Gasteiger partial charge in [0.15, 0.2) is 0 Å². The number of thiophene rings is 1. The Morgan fingerprint density at radius 2 is 2.11 bits per heavy atom. The Balaban J connectivity index is 1.62. The molecule has 0 unspecified atom stereocenters. The Morgan fingerprint density at radius 3 is 2.89 bits per heavy atom. The molecule has 3 saturated heterocycles. The number of fused-ring (bicyclic) bond motifs is 4. The maximum Gasteiger partial charge on any atom is 0.203 e. The number of anilines is 1. The fourth-order valence-electron chi connectivity index (χ4n) is 3.18. The number of H-pyrrole nitrogens is 1. The zero-order valence-corrected chi connectivity index (χ0v) is 11.7. The summed E-state index contributed by atoms with van der Waals surface area (Å²) in [5.41, 5.74) is 1.14. The van der Waals surface area contributed by atoms with Crippen LogP contribution in [0.25, 0.3) is 10.6 Å². The van der Waals surface area contributed by atoms with Gasteiger partial charge in [0.1, 0.15) is 0 Å². The molecule has 3 aliphatic rings. The van der Waals surface area contributed by atoms with Crippen molar-refractivity contribution in [1.29, 1.82) is 0 Å². The number of nitrogens with one attached hydrogen (secondary N) is 1. The molecular formula is C14H18N4S. The van der Waals surface area contributed by atoms with E-state index in [9.17, 15) is 0 Å². The molecule has 100 valence electrons. The molecule has 5 rings (SSSR count). The van der Waals surface area contributed by atoms with Gasteiger partial charge in [-0.25, -0.2) is 4.98 Å².